The molecule has 0 aliphatic carbocycles. The molecule has 1 saturated heterocycles. The average molecular weight is 392 g/mol. The van der Waals surface area contributed by atoms with Gasteiger partial charge in [0.15, 0.2) is 0 Å². The Morgan fingerprint density at radius 1 is 1.18 bits per heavy atom. The Kier molecular flexibility index (Phi) is 6.30. The molecule has 1 unspecified atom stereocenters. The molecular formula is C22H27F3N2O. The third-order valence-electron chi connectivity index (χ3n) is 5.71. The molecule has 1 heterocycles. The zero-order valence-electron chi connectivity index (χ0n) is 16.2. The van der Waals surface area contributed by atoms with Crippen LogP contribution < -0.4 is 10.6 Å². The topological polar surface area (TPSA) is 38.5 Å². The molecule has 0 saturated carbocycles. The lowest BCUT2D eigenvalue weighted by Crippen LogP contribution is -2.44. The van der Waals surface area contributed by atoms with Crippen LogP contribution in [0.5, 0.6) is 5.75 Å². The third kappa shape index (κ3) is 4.50. The first-order valence-electron chi connectivity index (χ1n) is 9.61. The molecular weight excluding hydrogens is 365 g/mol. The number of rotatable bonds is 5. The Balaban J connectivity index is 1.92. The molecule has 3 atom stereocenters. The maximum Gasteiger partial charge on any atom is 0.395 e. The molecule has 3 nitrogen and oxygen atoms in total. The zero-order valence-corrected chi connectivity index (χ0v) is 16.2. The average Bonchev–Trinajstić information content (AvgIpc) is 2.67. The van der Waals surface area contributed by atoms with Gasteiger partial charge in [-0.05, 0) is 54.9 Å². The molecule has 6 heteroatoms. The van der Waals surface area contributed by atoms with E-state index in [4.69, 9.17) is 10.6 Å². The largest absolute Gasteiger partial charge is 0.496 e. The monoisotopic (exact) mass is 392 g/mol. The highest BCUT2D eigenvalue weighted by atomic mass is 19.4. The number of nitrogens with two attached hydrogens (primary N) is 1. The molecule has 0 amide bonds. The summed E-state index contributed by atoms with van der Waals surface area (Å²) in [7, 11) is 1.55. The van der Waals surface area contributed by atoms with E-state index in [2.05, 4.69) is 12.1 Å². The summed E-state index contributed by atoms with van der Waals surface area (Å²) in [5, 5.41) is 1.86. The Bertz CT molecular complexity index is 779. The number of methoxy groups -OCH3 is 1. The smallest absolute Gasteiger partial charge is 0.395 e. The molecule has 2 aromatic rings. The van der Waals surface area contributed by atoms with Gasteiger partial charge >= 0.3 is 6.18 Å². The summed E-state index contributed by atoms with van der Waals surface area (Å²) >= 11 is 0. The van der Waals surface area contributed by atoms with Gasteiger partial charge in [-0.25, -0.2) is 5.01 Å². The Morgan fingerprint density at radius 3 is 2.54 bits per heavy atom. The predicted octanol–water partition coefficient (Wildman–Crippen LogP) is 5.23. The van der Waals surface area contributed by atoms with Crippen molar-refractivity contribution in [2.45, 2.75) is 44.3 Å². The predicted molar refractivity (Wildman–Crippen MR) is 104 cm³/mol. The van der Waals surface area contributed by atoms with E-state index < -0.39 is 12.1 Å². The number of alkyl halides is 3. The van der Waals surface area contributed by atoms with Gasteiger partial charge in [0.2, 0.25) is 0 Å². The second kappa shape index (κ2) is 8.53. The fourth-order valence-electron chi connectivity index (χ4n) is 4.13. The van der Waals surface area contributed by atoms with Crippen molar-refractivity contribution in [3.63, 3.8) is 0 Å². The molecule has 0 aromatic heterocycles. The van der Waals surface area contributed by atoms with Gasteiger partial charge < -0.3 is 4.74 Å². The first kappa shape index (κ1) is 20.7. The molecule has 2 N–H and O–H groups in total. The molecule has 0 bridgehead atoms. The van der Waals surface area contributed by atoms with Crippen LogP contribution in [0.1, 0.15) is 48.4 Å². The van der Waals surface area contributed by atoms with E-state index in [-0.39, 0.29) is 17.5 Å². The van der Waals surface area contributed by atoms with Gasteiger partial charge in [-0.1, -0.05) is 42.5 Å². The Morgan fingerprint density at radius 2 is 1.89 bits per heavy atom. The summed E-state index contributed by atoms with van der Waals surface area (Å²) in [5.41, 5.74) is 2.20. The van der Waals surface area contributed by atoms with E-state index in [1.54, 1.807) is 19.2 Å². The molecule has 1 fully saturated rings. The molecule has 0 spiro atoms. The van der Waals surface area contributed by atoms with Crippen molar-refractivity contribution in [2.75, 3.05) is 13.7 Å². The van der Waals surface area contributed by atoms with Gasteiger partial charge in [0.25, 0.3) is 0 Å². The molecule has 152 valence electrons. The van der Waals surface area contributed by atoms with Crippen molar-refractivity contribution in [2.24, 2.45) is 11.8 Å². The van der Waals surface area contributed by atoms with Crippen molar-refractivity contribution in [3.8, 4) is 5.75 Å². The van der Waals surface area contributed by atoms with E-state index in [1.165, 1.54) is 13.0 Å². The van der Waals surface area contributed by atoms with Crippen LogP contribution >= 0.6 is 0 Å². The number of halogens is 3. The standard InChI is InChI=1S/C22H27F3N2O/c1-15(22(23,24)25)17-10-11-20(28-2)19(13-17)14-18-9-6-12-27(26)21(18)16-7-4-3-5-8-16/h3-5,7-8,10-11,13,15,18,21H,6,9,12,14,26H2,1-2H3/t15?,18-,21+/m0/s1. The van der Waals surface area contributed by atoms with Crippen LogP contribution in [0.25, 0.3) is 0 Å². The summed E-state index contributed by atoms with van der Waals surface area (Å²) in [6.45, 7) is 2.00. The van der Waals surface area contributed by atoms with E-state index in [0.717, 1.165) is 30.5 Å². The van der Waals surface area contributed by atoms with Crippen LogP contribution in [0.4, 0.5) is 13.2 Å². The fraction of sp³-hybridized carbons (Fsp3) is 0.455. The number of piperidine rings is 1. The minimum Gasteiger partial charge on any atom is -0.496 e. The minimum absolute atomic E-state index is 0.0309. The Labute approximate surface area is 164 Å². The molecule has 1 aliphatic rings. The van der Waals surface area contributed by atoms with Crippen molar-refractivity contribution < 1.29 is 17.9 Å². The highest BCUT2D eigenvalue weighted by Crippen LogP contribution is 2.40. The number of hydrogen-bond acceptors (Lipinski definition) is 3. The van der Waals surface area contributed by atoms with E-state index >= 15 is 0 Å². The van der Waals surface area contributed by atoms with Crippen molar-refractivity contribution in [3.05, 3.63) is 65.2 Å². The van der Waals surface area contributed by atoms with Gasteiger partial charge in [0.05, 0.1) is 19.1 Å². The van der Waals surface area contributed by atoms with E-state index in [1.807, 2.05) is 23.2 Å². The molecule has 28 heavy (non-hydrogen) atoms. The fourth-order valence-corrected chi connectivity index (χ4v) is 4.13. The van der Waals surface area contributed by atoms with Crippen LogP contribution in [0.15, 0.2) is 48.5 Å². The summed E-state index contributed by atoms with van der Waals surface area (Å²) < 4.78 is 45.0. The molecule has 0 radical (unpaired) electrons. The summed E-state index contributed by atoms with van der Waals surface area (Å²) in [6.07, 6.45) is -1.72. The van der Waals surface area contributed by atoms with Gasteiger partial charge in [-0.2, -0.15) is 13.2 Å². The first-order chi connectivity index (χ1) is 13.3. The van der Waals surface area contributed by atoms with Gasteiger partial charge in [0.1, 0.15) is 5.75 Å². The highest BCUT2D eigenvalue weighted by Gasteiger charge is 2.37. The third-order valence-corrected chi connectivity index (χ3v) is 5.71. The van der Waals surface area contributed by atoms with E-state index in [0.29, 0.717) is 12.2 Å². The van der Waals surface area contributed by atoms with Crippen LogP contribution in [-0.2, 0) is 6.42 Å². The second-order valence-electron chi connectivity index (χ2n) is 7.53. The number of ether oxygens (including phenoxy) is 1. The van der Waals surface area contributed by atoms with Crippen LogP contribution in [-0.4, -0.2) is 24.8 Å². The summed E-state index contributed by atoms with van der Waals surface area (Å²) in [6, 6.07) is 14.9. The summed E-state index contributed by atoms with van der Waals surface area (Å²) in [5.74, 6) is 5.62. The lowest BCUT2D eigenvalue weighted by atomic mass is 9.81. The van der Waals surface area contributed by atoms with E-state index in [9.17, 15) is 13.2 Å². The Hall–Kier alpha value is -2.05. The molecule has 2 aromatic carbocycles. The number of hydrazine groups is 1. The highest BCUT2D eigenvalue weighted by molar-refractivity contribution is 5.39. The van der Waals surface area contributed by atoms with Crippen molar-refractivity contribution in [1.82, 2.24) is 5.01 Å². The molecule has 1 aliphatic heterocycles. The lowest BCUT2D eigenvalue weighted by molar-refractivity contribution is -0.146. The number of benzene rings is 2. The zero-order chi connectivity index (χ0) is 20.3. The van der Waals surface area contributed by atoms with Crippen LogP contribution in [0.2, 0.25) is 0 Å². The quantitative estimate of drug-likeness (QED) is 0.708. The first-order valence-corrected chi connectivity index (χ1v) is 9.61. The summed E-state index contributed by atoms with van der Waals surface area (Å²) in [4.78, 5) is 0. The lowest BCUT2D eigenvalue weighted by Gasteiger charge is -2.39. The normalized spacial score (nSPS) is 22.1. The number of nitrogens with zero attached hydrogens (tertiary/aromatic N) is 1. The van der Waals surface area contributed by atoms with Crippen molar-refractivity contribution >= 4 is 0 Å². The van der Waals surface area contributed by atoms with Crippen LogP contribution in [0, 0.1) is 5.92 Å². The SMILES string of the molecule is COc1ccc(C(C)C(F)(F)F)cc1C[C@@H]1CCCN(N)[C@@H]1c1ccccc1. The van der Waals surface area contributed by atoms with Gasteiger partial charge in [0, 0.05) is 6.54 Å². The number of hydrogen-bond donors (Lipinski definition) is 1. The van der Waals surface area contributed by atoms with Gasteiger partial charge in [-0.3, -0.25) is 5.84 Å². The second-order valence-corrected chi connectivity index (χ2v) is 7.53. The van der Waals surface area contributed by atoms with Gasteiger partial charge in [-0.15, -0.1) is 0 Å². The van der Waals surface area contributed by atoms with Crippen molar-refractivity contribution in [1.29, 1.82) is 0 Å². The maximum atomic E-state index is 13.2. The molecule has 3 rings (SSSR count). The maximum absolute atomic E-state index is 13.2. The minimum atomic E-state index is -4.27. The van der Waals surface area contributed by atoms with Crippen LogP contribution in [0.3, 0.4) is 0 Å².